The number of hydrogen-bond acceptors (Lipinski definition) is 5. The monoisotopic (exact) mass is 320 g/mol. The Hall–Kier alpha value is -2.76. The lowest BCUT2D eigenvalue weighted by Gasteiger charge is -2.14. The van der Waals surface area contributed by atoms with E-state index in [9.17, 15) is 0 Å². The first-order chi connectivity index (χ1) is 11.6. The van der Waals surface area contributed by atoms with Crippen LogP contribution < -0.4 is 5.32 Å². The average Bonchev–Trinajstić information content (AvgIpc) is 3.32. The third-order valence-corrected chi connectivity index (χ3v) is 4.61. The highest BCUT2D eigenvalue weighted by atomic mass is 15.3. The average molecular weight is 320 g/mol. The molecule has 1 saturated carbocycles. The van der Waals surface area contributed by atoms with Crippen LogP contribution in [0.2, 0.25) is 0 Å². The van der Waals surface area contributed by atoms with E-state index in [1.807, 2.05) is 31.5 Å². The zero-order chi connectivity index (χ0) is 16.7. The predicted octanol–water partition coefficient (Wildman–Crippen LogP) is 3.10. The number of anilines is 1. The summed E-state index contributed by atoms with van der Waals surface area (Å²) in [4.78, 5) is 13.2. The number of aryl methyl sites for hydroxylation is 1. The fourth-order valence-electron chi connectivity index (χ4n) is 2.90. The van der Waals surface area contributed by atoms with Crippen LogP contribution in [0.15, 0.2) is 37.4 Å². The Labute approximate surface area is 140 Å². The van der Waals surface area contributed by atoms with E-state index in [0.29, 0.717) is 12.0 Å². The second-order valence-corrected chi connectivity index (χ2v) is 6.42. The molecule has 0 aliphatic heterocycles. The van der Waals surface area contributed by atoms with Crippen molar-refractivity contribution < 1.29 is 0 Å². The Bertz CT molecular complexity index is 909. The molecule has 3 aromatic heterocycles. The van der Waals surface area contributed by atoms with Gasteiger partial charge < -0.3 is 5.32 Å². The fraction of sp³-hybridized carbons (Fsp3) is 0.333. The topological polar surface area (TPSA) is 68.0 Å². The molecule has 0 saturated heterocycles. The highest BCUT2D eigenvalue weighted by Crippen LogP contribution is 2.33. The molecule has 1 N–H and O–H groups in total. The maximum atomic E-state index is 4.60. The maximum Gasteiger partial charge on any atom is 0.223 e. The molecule has 1 aliphatic carbocycles. The van der Waals surface area contributed by atoms with E-state index in [1.54, 1.807) is 4.52 Å². The Morgan fingerprint density at radius 3 is 2.92 bits per heavy atom. The number of nitrogens with zero attached hydrogens (tertiary/aromatic N) is 5. The summed E-state index contributed by atoms with van der Waals surface area (Å²) < 4.78 is 1.74. The third kappa shape index (κ3) is 2.75. The number of nitrogens with one attached hydrogen (secondary N) is 1. The molecule has 6 nitrogen and oxygen atoms in total. The molecule has 0 radical (unpaired) electrons. The molecular formula is C18H20N6. The van der Waals surface area contributed by atoms with Crippen LogP contribution in [0.5, 0.6) is 0 Å². The van der Waals surface area contributed by atoms with Crippen LogP contribution in [0.1, 0.15) is 36.6 Å². The van der Waals surface area contributed by atoms with E-state index < -0.39 is 0 Å². The minimum Gasteiger partial charge on any atom is -0.351 e. The summed E-state index contributed by atoms with van der Waals surface area (Å²) in [5.74, 6) is 1.45. The van der Waals surface area contributed by atoms with Gasteiger partial charge in [0.1, 0.15) is 6.33 Å². The molecule has 0 spiro atoms. The molecule has 0 aromatic carbocycles. The van der Waals surface area contributed by atoms with E-state index in [0.717, 1.165) is 34.0 Å². The first-order valence-electron chi connectivity index (χ1n) is 8.21. The van der Waals surface area contributed by atoms with Crippen molar-refractivity contribution in [1.82, 2.24) is 24.6 Å². The summed E-state index contributed by atoms with van der Waals surface area (Å²) >= 11 is 0. The van der Waals surface area contributed by atoms with Gasteiger partial charge in [0.25, 0.3) is 0 Å². The largest absolute Gasteiger partial charge is 0.351 e. The molecule has 0 bridgehead atoms. The minimum atomic E-state index is 0.424. The minimum absolute atomic E-state index is 0.424. The predicted molar refractivity (Wildman–Crippen MR) is 93.7 cm³/mol. The van der Waals surface area contributed by atoms with Crippen LogP contribution in [-0.4, -0.2) is 30.6 Å². The summed E-state index contributed by atoms with van der Waals surface area (Å²) in [6.07, 6.45) is 7.90. The Balaban J connectivity index is 1.59. The van der Waals surface area contributed by atoms with E-state index in [4.69, 9.17) is 0 Å². The second kappa shape index (κ2) is 5.70. The van der Waals surface area contributed by atoms with Crippen molar-refractivity contribution in [2.45, 2.75) is 32.7 Å². The van der Waals surface area contributed by atoms with Crippen molar-refractivity contribution in [2.24, 2.45) is 5.92 Å². The SMILES string of the molecule is C=C(c1ccc2ncnn2c1)c1cnc(N[C@H](C)C2CC2)nc1C. The van der Waals surface area contributed by atoms with Gasteiger partial charge in [0.15, 0.2) is 5.65 Å². The maximum absolute atomic E-state index is 4.60. The summed E-state index contributed by atoms with van der Waals surface area (Å²) in [5.41, 5.74) is 4.53. The summed E-state index contributed by atoms with van der Waals surface area (Å²) in [6.45, 7) is 8.39. The Kier molecular flexibility index (Phi) is 3.52. The third-order valence-electron chi connectivity index (χ3n) is 4.61. The number of pyridine rings is 1. The van der Waals surface area contributed by atoms with Gasteiger partial charge in [-0.15, -0.1) is 0 Å². The van der Waals surface area contributed by atoms with Crippen LogP contribution >= 0.6 is 0 Å². The molecule has 24 heavy (non-hydrogen) atoms. The summed E-state index contributed by atoms with van der Waals surface area (Å²) in [6, 6.07) is 4.34. The molecule has 6 heteroatoms. The standard InChI is InChI=1S/C18H20N6/c1-11(15-6-7-17-20-10-21-24(17)9-15)16-8-19-18(23-13(16)3)22-12(2)14-4-5-14/h6-10,12,14H,1,4-5H2,2-3H3,(H,19,22,23)/t12-/m1/s1. The fourth-order valence-corrected chi connectivity index (χ4v) is 2.90. The zero-order valence-electron chi connectivity index (χ0n) is 13.9. The van der Waals surface area contributed by atoms with Crippen molar-refractivity contribution >= 4 is 17.2 Å². The second-order valence-electron chi connectivity index (χ2n) is 6.42. The Morgan fingerprint density at radius 2 is 2.17 bits per heavy atom. The van der Waals surface area contributed by atoms with Crippen molar-refractivity contribution in [2.75, 3.05) is 5.32 Å². The van der Waals surface area contributed by atoms with E-state index >= 15 is 0 Å². The molecule has 122 valence electrons. The van der Waals surface area contributed by atoms with Crippen molar-refractivity contribution in [3.8, 4) is 0 Å². The van der Waals surface area contributed by atoms with Crippen molar-refractivity contribution in [3.63, 3.8) is 0 Å². The van der Waals surface area contributed by atoms with Crippen LogP contribution in [-0.2, 0) is 0 Å². The van der Waals surface area contributed by atoms with Crippen LogP contribution in [0, 0.1) is 12.8 Å². The molecular weight excluding hydrogens is 300 g/mol. The lowest BCUT2D eigenvalue weighted by Crippen LogP contribution is -2.19. The van der Waals surface area contributed by atoms with Gasteiger partial charge in [0.05, 0.1) is 5.69 Å². The quantitative estimate of drug-likeness (QED) is 0.782. The summed E-state index contributed by atoms with van der Waals surface area (Å²) in [5, 5.41) is 7.57. The lowest BCUT2D eigenvalue weighted by atomic mass is 10.0. The molecule has 4 rings (SSSR count). The smallest absolute Gasteiger partial charge is 0.223 e. The zero-order valence-corrected chi connectivity index (χ0v) is 13.9. The van der Waals surface area contributed by atoms with Gasteiger partial charge in [-0.2, -0.15) is 5.10 Å². The van der Waals surface area contributed by atoms with Gasteiger partial charge in [0.2, 0.25) is 5.95 Å². The van der Waals surface area contributed by atoms with E-state index in [-0.39, 0.29) is 0 Å². The summed E-state index contributed by atoms with van der Waals surface area (Å²) in [7, 11) is 0. The van der Waals surface area contributed by atoms with Crippen LogP contribution in [0.25, 0.3) is 11.2 Å². The molecule has 3 heterocycles. The highest BCUT2D eigenvalue weighted by Gasteiger charge is 2.28. The van der Waals surface area contributed by atoms with E-state index in [1.165, 1.54) is 19.2 Å². The van der Waals surface area contributed by atoms with Gasteiger partial charge in [0, 0.05) is 29.6 Å². The highest BCUT2D eigenvalue weighted by molar-refractivity contribution is 5.79. The molecule has 1 atom stereocenters. The van der Waals surface area contributed by atoms with E-state index in [2.05, 4.69) is 38.9 Å². The molecule has 1 aliphatic rings. The van der Waals surface area contributed by atoms with Crippen molar-refractivity contribution in [3.05, 3.63) is 54.3 Å². The van der Waals surface area contributed by atoms with Crippen LogP contribution in [0.4, 0.5) is 5.95 Å². The van der Waals surface area contributed by atoms with Crippen LogP contribution in [0.3, 0.4) is 0 Å². The van der Waals surface area contributed by atoms with Gasteiger partial charge in [-0.05, 0) is 50.3 Å². The van der Waals surface area contributed by atoms with Gasteiger partial charge in [-0.3, -0.25) is 0 Å². The molecule has 3 aromatic rings. The molecule has 0 amide bonds. The first-order valence-corrected chi connectivity index (χ1v) is 8.21. The number of hydrogen-bond donors (Lipinski definition) is 1. The molecule has 0 unspecified atom stereocenters. The van der Waals surface area contributed by atoms with Crippen molar-refractivity contribution in [1.29, 1.82) is 0 Å². The normalized spacial score (nSPS) is 15.4. The number of aromatic nitrogens is 5. The Morgan fingerprint density at radius 1 is 1.33 bits per heavy atom. The van der Waals surface area contributed by atoms with Gasteiger partial charge >= 0.3 is 0 Å². The first kappa shape index (κ1) is 14.8. The molecule has 1 fully saturated rings. The lowest BCUT2D eigenvalue weighted by molar-refractivity contribution is 0.685. The van der Waals surface area contributed by atoms with Gasteiger partial charge in [-0.1, -0.05) is 6.58 Å². The van der Waals surface area contributed by atoms with Gasteiger partial charge in [-0.25, -0.2) is 19.5 Å². The number of rotatable bonds is 5. The number of fused-ring (bicyclic) bond motifs is 1.